The van der Waals surface area contributed by atoms with E-state index in [1.165, 1.54) is 0 Å². The molecule has 0 N–H and O–H groups in total. The Morgan fingerprint density at radius 1 is 1.22 bits per heavy atom. The molecule has 18 heavy (non-hydrogen) atoms. The van der Waals surface area contributed by atoms with Crippen LogP contribution in [0.15, 0.2) is 18.5 Å². The largest absolute Gasteiger partial charge is 0.367 e. The Labute approximate surface area is 112 Å². The summed E-state index contributed by atoms with van der Waals surface area (Å²) in [5.74, 6) is 0. The summed E-state index contributed by atoms with van der Waals surface area (Å²) in [6.45, 7) is 6.23. The lowest BCUT2D eigenvalue weighted by atomic mass is 10.2. The van der Waals surface area contributed by atoms with Crippen LogP contribution in [0.1, 0.15) is 5.56 Å². The number of pyridine rings is 1. The Bertz CT molecular complexity index is 570. The molecule has 0 aliphatic carbocycles. The second kappa shape index (κ2) is 4.44. The molecule has 0 amide bonds. The van der Waals surface area contributed by atoms with Gasteiger partial charge in [0.15, 0.2) is 0 Å². The second-order valence-corrected chi connectivity index (χ2v) is 5.36. The summed E-state index contributed by atoms with van der Waals surface area (Å²) in [5.41, 5.74) is 3.32. The lowest BCUT2D eigenvalue weighted by molar-refractivity contribution is 0.313. The van der Waals surface area contributed by atoms with Gasteiger partial charge in [-0.3, -0.25) is 0 Å². The standard InChI is InChI=1S/C13H17ClN4/c1-10-8-15-18-9-13(11(14)7-12(10)18)17-5-3-16(2)4-6-17/h7-9H,3-6H2,1-2H3. The lowest BCUT2D eigenvalue weighted by Crippen LogP contribution is -2.44. The molecule has 0 atom stereocenters. The van der Waals surface area contributed by atoms with Crippen molar-refractivity contribution in [3.8, 4) is 0 Å². The van der Waals surface area contributed by atoms with Crippen LogP contribution in [0.5, 0.6) is 0 Å². The fraction of sp³-hybridized carbons (Fsp3) is 0.462. The summed E-state index contributed by atoms with van der Waals surface area (Å²) in [6.07, 6.45) is 3.91. The van der Waals surface area contributed by atoms with Crippen molar-refractivity contribution in [2.24, 2.45) is 0 Å². The van der Waals surface area contributed by atoms with Gasteiger partial charge in [0, 0.05) is 26.2 Å². The predicted molar refractivity (Wildman–Crippen MR) is 74.6 cm³/mol. The summed E-state index contributed by atoms with van der Waals surface area (Å²) in [4.78, 5) is 4.67. The fourth-order valence-corrected chi connectivity index (χ4v) is 2.66. The number of likely N-dealkylation sites (N-methyl/N-ethyl adjacent to an activating group) is 1. The first kappa shape index (κ1) is 11.8. The molecule has 1 fully saturated rings. The number of nitrogens with zero attached hydrogens (tertiary/aromatic N) is 4. The van der Waals surface area contributed by atoms with Gasteiger partial charge in [0.25, 0.3) is 0 Å². The summed E-state index contributed by atoms with van der Waals surface area (Å²) < 4.78 is 1.91. The molecule has 3 rings (SSSR count). The van der Waals surface area contributed by atoms with E-state index in [9.17, 15) is 0 Å². The highest BCUT2D eigenvalue weighted by molar-refractivity contribution is 6.33. The number of hydrogen-bond donors (Lipinski definition) is 0. The number of hydrogen-bond acceptors (Lipinski definition) is 3. The van der Waals surface area contributed by atoms with Crippen molar-refractivity contribution in [2.45, 2.75) is 6.92 Å². The first-order valence-corrected chi connectivity index (χ1v) is 6.60. The van der Waals surface area contributed by atoms with Crippen molar-refractivity contribution < 1.29 is 0 Å². The van der Waals surface area contributed by atoms with Gasteiger partial charge in [0.1, 0.15) is 0 Å². The van der Waals surface area contributed by atoms with Crippen LogP contribution in [0, 0.1) is 6.92 Å². The van der Waals surface area contributed by atoms with E-state index in [0.717, 1.165) is 48.0 Å². The zero-order chi connectivity index (χ0) is 12.7. The molecule has 3 heterocycles. The van der Waals surface area contributed by atoms with Crippen LogP contribution < -0.4 is 4.90 Å². The third-order valence-electron chi connectivity index (χ3n) is 3.62. The van der Waals surface area contributed by atoms with Crippen LogP contribution in [-0.4, -0.2) is 47.7 Å². The van der Waals surface area contributed by atoms with E-state index in [0.29, 0.717) is 0 Å². The average molecular weight is 265 g/mol. The zero-order valence-corrected chi connectivity index (χ0v) is 11.5. The molecule has 0 unspecified atom stereocenters. The van der Waals surface area contributed by atoms with E-state index < -0.39 is 0 Å². The molecule has 0 radical (unpaired) electrons. The first-order valence-electron chi connectivity index (χ1n) is 6.22. The Balaban J connectivity index is 1.98. The van der Waals surface area contributed by atoms with E-state index in [2.05, 4.69) is 21.9 Å². The highest BCUT2D eigenvalue weighted by atomic mass is 35.5. The number of anilines is 1. The van der Waals surface area contributed by atoms with Gasteiger partial charge in [-0.25, -0.2) is 4.52 Å². The van der Waals surface area contributed by atoms with Gasteiger partial charge in [-0.15, -0.1) is 0 Å². The molecular weight excluding hydrogens is 248 g/mol. The van der Waals surface area contributed by atoms with Crippen molar-refractivity contribution in [2.75, 3.05) is 38.1 Å². The van der Waals surface area contributed by atoms with Gasteiger partial charge in [-0.05, 0) is 25.6 Å². The zero-order valence-electron chi connectivity index (χ0n) is 10.7. The van der Waals surface area contributed by atoms with Crippen molar-refractivity contribution in [3.05, 3.63) is 29.0 Å². The maximum atomic E-state index is 6.41. The highest BCUT2D eigenvalue weighted by Crippen LogP contribution is 2.28. The van der Waals surface area contributed by atoms with E-state index in [1.54, 1.807) is 0 Å². The molecule has 1 saturated heterocycles. The van der Waals surface area contributed by atoms with Crippen LogP contribution in [0.4, 0.5) is 5.69 Å². The van der Waals surface area contributed by atoms with Crippen LogP contribution in [0.25, 0.3) is 5.52 Å². The minimum absolute atomic E-state index is 0.815. The number of rotatable bonds is 1. The van der Waals surface area contributed by atoms with Crippen molar-refractivity contribution in [3.63, 3.8) is 0 Å². The second-order valence-electron chi connectivity index (χ2n) is 4.95. The Kier molecular flexibility index (Phi) is 2.92. The highest BCUT2D eigenvalue weighted by Gasteiger charge is 2.17. The summed E-state index contributed by atoms with van der Waals surface area (Å²) in [6, 6.07) is 2.01. The molecule has 1 aliphatic heterocycles. The summed E-state index contributed by atoms with van der Waals surface area (Å²) in [5, 5.41) is 5.17. The third kappa shape index (κ3) is 1.95. The number of aryl methyl sites for hydroxylation is 1. The van der Waals surface area contributed by atoms with E-state index in [1.807, 2.05) is 29.9 Å². The van der Waals surface area contributed by atoms with Gasteiger partial charge >= 0.3 is 0 Å². The predicted octanol–water partition coefficient (Wildman–Crippen LogP) is 2.05. The first-order chi connectivity index (χ1) is 8.65. The van der Waals surface area contributed by atoms with Gasteiger partial charge in [-0.1, -0.05) is 11.6 Å². The van der Waals surface area contributed by atoms with E-state index in [-0.39, 0.29) is 0 Å². The number of aromatic nitrogens is 2. The van der Waals surface area contributed by atoms with Gasteiger partial charge in [0.05, 0.1) is 28.6 Å². The smallest absolute Gasteiger partial charge is 0.0744 e. The SMILES string of the molecule is Cc1cnn2cc(N3CCN(C)CC3)c(Cl)cc12. The topological polar surface area (TPSA) is 23.8 Å². The van der Waals surface area contributed by atoms with Crippen molar-refractivity contribution in [1.29, 1.82) is 0 Å². The molecule has 2 aromatic rings. The monoisotopic (exact) mass is 264 g/mol. The fourth-order valence-electron chi connectivity index (χ4n) is 2.39. The molecule has 0 spiro atoms. The Hall–Kier alpha value is -1.26. The Morgan fingerprint density at radius 3 is 2.67 bits per heavy atom. The number of piperazine rings is 1. The maximum absolute atomic E-state index is 6.41. The molecule has 5 heteroatoms. The van der Waals surface area contributed by atoms with Gasteiger partial charge in [0.2, 0.25) is 0 Å². The normalized spacial score (nSPS) is 17.6. The lowest BCUT2D eigenvalue weighted by Gasteiger charge is -2.34. The summed E-state index contributed by atoms with van der Waals surface area (Å²) in [7, 11) is 2.15. The van der Waals surface area contributed by atoms with Gasteiger partial charge in [-0.2, -0.15) is 5.10 Å². The molecule has 0 bridgehead atoms. The maximum Gasteiger partial charge on any atom is 0.0744 e. The van der Waals surface area contributed by atoms with Crippen molar-refractivity contribution >= 4 is 22.8 Å². The van der Waals surface area contributed by atoms with Crippen LogP contribution in [0.3, 0.4) is 0 Å². The average Bonchev–Trinajstić information content (AvgIpc) is 2.71. The third-order valence-corrected chi connectivity index (χ3v) is 3.93. The molecule has 2 aromatic heterocycles. The molecular formula is C13H17ClN4. The minimum atomic E-state index is 0.815. The molecule has 1 aliphatic rings. The van der Waals surface area contributed by atoms with E-state index >= 15 is 0 Å². The molecule has 0 saturated carbocycles. The molecule has 0 aromatic carbocycles. The van der Waals surface area contributed by atoms with Crippen LogP contribution in [-0.2, 0) is 0 Å². The Morgan fingerprint density at radius 2 is 1.94 bits per heavy atom. The molecule has 96 valence electrons. The molecule has 4 nitrogen and oxygen atoms in total. The van der Waals surface area contributed by atoms with Crippen LogP contribution >= 0.6 is 11.6 Å². The van der Waals surface area contributed by atoms with Gasteiger partial charge < -0.3 is 9.80 Å². The number of fused-ring (bicyclic) bond motifs is 1. The van der Waals surface area contributed by atoms with E-state index in [4.69, 9.17) is 11.6 Å². The van der Waals surface area contributed by atoms with Crippen molar-refractivity contribution in [1.82, 2.24) is 14.5 Å². The van der Waals surface area contributed by atoms with Crippen LogP contribution in [0.2, 0.25) is 5.02 Å². The minimum Gasteiger partial charge on any atom is -0.367 e. The summed E-state index contributed by atoms with van der Waals surface area (Å²) >= 11 is 6.41. The number of halogens is 1. The quantitative estimate of drug-likeness (QED) is 0.788.